The molecule has 2 aliphatic rings. The van der Waals surface area contributed by atoms with E-state index in [1.807, 2.05) is 17.5 Å². The maximum Gasteiger partial charge on any atom is 0.237 e. The Morgan fingerprint density at radius 3 is 2.47 bits per heavy atom. The zero-order valence-electron chi connectivity index (χ0n) is 16.7. The number of hydrogen-bond acceptors (Lipinski definition) is 6. The first-order valence-electron chi connectivity index (χ1n) is 10.1. The molecule has 9 heteroatoms. The minimum Gasteiger partial charge on any atom is -0.369 e. The van der Waals surface area contributed by atoms with Crippen LogP contribution in [-0.2, 0) is 21.2 Å². The van der Waals surface area contributed by atoms with E-state index in [0.29, 0.717) is 19.5 Å². The predicted molar refractivity (Wildman–Crippen MR) is 117 cm³/mol. The van der Waals surface area contributed by atoms with E-state index in [9.17, 15) is 17.6 Å². The molecule has 6 nitrogen and oxygen atoms in total. The number of thiophene rings is 1. The molecule has 0 saturated carbocycles. The first-order chi connectivity index (χ1) is 14.4. The zero-order valence-corrected chi connectivity index (χ0v) is 18.4. The third kappa shape index (κ3) is 5.19. The number of carbonyl (C=O) groups is 1. The molecule has 1 atom stereocenters. The lowest BCUT2D eigenvalue weighted by Gasteiger charge is -2.37. The molecule has 3 heterocycles. The lowest BCUT2D eigenvalue weighted by Crippen LogP contribution is -2.51. The van der Waals surface area contributed by atoms with Crippen molar-refractivity contribution in [1.82, 2.24) is 9.80 Å². The molecule has 2 aliphatic heterocycles. The second-order valence-electron chi connectivity index (χ2n) is 7.90. The van der Waals surface area contributed by atoms with Crippen LogP contribution in [0.25, 0.3) is 0 Å². The van der Waals surface area contributed by atoms with Crippen LogP contribution in [0.15, 0.2) is 41.8 Å². The normalized spacial score (nSPS) is 21.6. The van der Waals surface area contributed by atoms with E-state index < -0.39 is 9.84 Å². The summed E-state index contributed by atoms with van der Waals surface area (Å²) in [5, 5.41) is 1.97. The van der Waals surface area contributed by atoms with Gasteiger partial charge in [0.15, 0.2) is 9.84 Å². The Morgan fingerprint density at radius 1 is 1.13 bits per heavy atom. The molecule has 30 heavy (non-hydrogen) atoms. The Bertz CT molecular complexity index is 956. The molecule has 0 aliphatic carbocycles. The van der Waals surface area contributed by atoms with E-state index in [1.54, 1.807) is 28.4 Å². The fraction of sp³-hybridized carbons (Fsp3) is 0.476. The number of rotatable bonds is 6. The molecule has 1 aromatic carbocycles. The van der Waals surface area contributed by atoms with E-state index in [2.05, 4.69) is 9.80 Å². The topological polar surface area (TPSA) is 60.9 Å². The summed E-state index contributed by atoms with van der Waals surface area (Å²) in [6, 6.07) is 10.2. The highest BCUT2D eigenvalue weighted by Gasteiger charge is 2.35. The minimum atomic E-state index is -3.06. The smallest absolute Gasteiger partial charge is 0.237 e. The highest BCUT2D eigenvalue weighted by molar-refractivity contribution is 7.91. The summed E-state index contributed by atoms with van der Waals surface area (Å²) in [6.45, 7) is 3.76. The van der Waals surface area contributed by atoms with Gasteiger partial charge in [0.05, 0.1) is 24.6 Å². The summed E-state index contributed by atoms with van der Waals surface area (Å²) >= 11 is 1.58. The third-order valence-corrected chi connectivity index (χ3v) is 8.41. The first-order valence-corrected chi connectivity index (χ1v) is 12.8. The fourth-order valence-electron chi connectivity index (χ4n) is 4.11. The molecule has 2 fully saturated rings. The first kappa shape index (κ1) is 21.3. The van der Waals surface area contributed by atoms with Gasteiger partial charge in [0.25, 0.3) is 0 Å². The van der Waals surface area contributed by atoms with Gasteiger partial charge < -0.3 is 9.80 Å². The molecular weight excluding hydrogens is 425 g/mol. The van der Waals surface area contributed by atoms with Crippen molar-refractivity contribution < 1.29 is 17.6 Å². The highest BCUT2D eigenvalue weighted by atomic mass is 32.2. The summed E-state index contributed by atoms with van der Waals surface area (Å²) in [5.41, 5.74) is 0.984. The van der Waals surface area contributed by atoms with Crippen molar-refractivity contribution in [3.63, 3.8) is 0 Å². The van der Waals surface area contributed by atoms with Crippen molar-refractivity contribution in [2.24, 2.45) is 0 Å². The summed E-state index contributed by atoms with van der Waals surface area (Å²) in [6.07, 6.45) is 0.512. The maximum absolute atomic E-state index is 13.2. The Hall–Kier alpha value is -1.97. The monoisotopic (exact) mass is 451 g/mol. The second-order valence-corrected chi connectivity index (χ2v) is 11.2. The summed E-state index contributed by atoms with van der Waals surface area (Å²) < 4.78 is 37.1. The molecule has 1 aromatic heterocycles. The van der Waals surface area contributed by atoms with Crippen LogP contribution in [0.4, 0.5) is 10.1 Å². The molecule has 0 unspecified atom stereocenters. The quantitative estimate of drug-likeness (QED) is 0.674. The van der Waals surface area contributed by atoms with Crippen molar-refractivity contribution in [2.75, 3.05) is 49.1 Å². The Morgan fingerprint density at radius 2 is 1.87 bits per heavy atom. The van der Waals surface area contributed by atoms with Crippen LogP contribution in [0, 0.1) is 5.82 Å². The summed E-state index contributed by atoms with van der Waals surface area (Å²) in [4.78, 5) is 20.3. The zero-order chi connectivity index (χ0) is 21.1. The SMILES string of the molecule is O=C(CN1CCN(c2ccc(F)cc2)CC1)N(Cc1cccs1)[C@H]1CCS(=O)(=O)C1. The van der Waals surface area contributed by atoms with Gasteiger partial charge in [-0.1, -0.05) is 6.07 Å². The van der Waals surface area contributed by atoms with Gasteiger partial charge in [-0.05, 0) is 42.1 Å². The number of nitrogens with zero attached hydrogens (tertiary/aromatic N) is 3. The van der Waals surface area contributed by atoms with Crippen molar-refractivity contribution in [3.05, 3.63) is 52.5 Å². The Balaban J connectivity index is 1.37. The second kappa shape index (κ2) is 9.03. The number of sulfone groups is 1. The van der Waals surface area contributed by atoms with E-state index in [-0.39, 0.29) is 29.3 Å². The number of halogens is 1. The van der Waals surface area contributed by atoms with Crippen LogP contribution < -0.4 is 4.90 Å². The van der Waals surface area contributed by atoms with Crippen LogP contribution in [0.2, 0.25) is 0 Å². The van der Waals surface area contributed by atoms with Crippen LogP contribution in [0.5, 0.6) is 0 Å². The molecule has 2 aromatic rings. The van der Waals surface area contributed by atoms with Gasteiger partial charge in [0, 0.05) is 42.8 Å². The van der Waals surface area contributed by atoms with Crippen LogP contribution in [-0.4, -0.2) is 74.4 Å². The van der Waals surface area contributed by atoms with Crippen LogP contribution >= 0.6 is 11.3 Å². The van der Waals surface area contributed by atoms with Gasteiger partial charge in [0.1, 0.15) is 5.82 Å². The minimum absolute atomic E-state index is 0.0132. The Labute approximate surface area is 180 Å². The largest absolute Gasteiger partial charge is 0.369 e. The lowest BCUT2D eigenvalue weighted by molar-refractivity contribution is -0.135. The number of piperazine rings is 1. The van der Waals surface area contributed by atoms with Crippen molar-refractivity contribution in [3.8, 4) is 0 Å². The number of hydrogen-bond donors (Lipinski definition) is 0. The maximum atomic E-state index is 13.2. The third-order valence-electron chi connectivity index (χ3n) is 5.80. The molecule has 162 valence electrons. The van der Waals surface area contributed by atoms with E-state index >= 15 is 0 Å². The van der Waals surface area contributed by atoms with E-state index in [4.69, 9.17) is 0 Å². The number of benzene rings is 1. The summed E-state index contributed by atoms with van der Waals surface area (Å²) in [7, 11) is -3.06. The molecule has 1 amide bonds. The number of amides is 1. The van der Waals surface area contributed by atoms with Gasteiger partial charge in [-0.3, -0.25) is 9.69 Å². The molecule has 0 radical (unpaired) electrons. The summed E-state index contributed by atoms with van der Waals surface area (Å²) in [5.74, 6) is -0.0477. The van der Waals surface area contributed by atoms with Crippen molar-refractivity contribution >= 4 is 32.8 Å². The Kier molecular flexibility index (Phi) is 6.40. The number of carbonyl (C=O) groups excluding carboxylic acids is 1. The fourth-order valence-corrected chi connectivity index (χ4v) is 6.54. The van der Waals surface area contributed by atoms with Crippen molar-refractivity contribution in [2.45, 2.75) is 19.0 Å². The van der Waals surface area contributed by atoms with Crippen LogP contribution in [0.3, 0.4) is 0 Å². The molecule has 2 saturated heterocycles. The number of anilines is 1. The van der Waals surface area contributed by atoms with Crippen molar-refractivity contribution in [1.29, 1.82) is 0 Å². The average molecular weight is 452 g/mol. The molecule has 0 bridgehead atoms. The molecule has 4 rings (SSSR count). The molecule has 0 N–H and O–H groups in total. The van der Waals surface area contributed by atoms with Gasteiger partial charge in [-0.25, -0.2) is 12.8 Å². The molecule has 0 spiro atoms. The predicted octanol–water partition coefficient (Wildman–Crippen LogP) is 2.23. The van der Waals surface area contributed by atoms with Gasteiger partial charge >= 0.3 is 0 Å². The van der Waals surface area contributed by atoms with Crippen LogP contribution in [0.1, 0.15) is 11.3 Å². The standard InChI is InChI=1S/C21H26FN3O3S2/c22-17-3-5-18(6-4-17)24-10-8-23(9-11-24)15-21(26)25(14-20-2-1-12-29-20)19-7-13-30(27,28)16-19/h1-6,12,19H,7-11,13-16H2/t19-/m0/s1. The van der Waals surface area contributed by atoms with Gasteiger partial charge in [-0.15, -0.1) is 11.3 Å². The lowest BCUT2D eigenvalue weighted by atomic mass is 10.2. The van der Waals surface area contributed by atoms with Gasteiger partial charge in [0.2, 0.25) is 5.91 Å². The van der Waals surface area contributed by atoms with E-state index in [1.165, 1.54) is 12.1 Å². The highest BCUT2D eigenvalue weighted by Crippen LogP contribution is 2.23. The average Bonchev–Trinajstić information content (AvgIpc) is 3.36. The van der Waals surface area contributed by atoms with Gasteiger partial charge in [-0.2, -0.15) is 0 Å². The van der Waals surface area contributed by atoms with E-state index in [0.717, 1.165) is 36.7 Å². The molecular formula is C21H26FN3O3S2.